The lowest BCUT2D eigenvalue weighted by molar-refractivity contribution is 0.340. The highest BCUT2D eigenvalue weighted by molar-refractivity contribution is 6.09. The number of hydrogen-bond donors (Lipinski definition) is 0. The number of para-hydroxylation sites is 2. The monoisotopic (exact) mass is 431 g/mol. The van der Waals surface area contributed by atoms with Crippen LogP contribution < -0.4 is 4.74 Å². The number of benzene rings is 4. The third kappa shape index (κ3) is 3.34. The first-order valence-corrected chi connectivity index (χ1v) is 11.0. The first-order valence-electron chi connectivity index (χ1n) is 11.0. The number of ether oxygens (including phenoxy) is 1. The summed E-state index contributed by atoms with van der Waals surface area (Å²) in [7, 11) is 0. The molecule has 0 saturated heterocycles. The van der Waals surface area contributed by atoms with E-state index in [1.165, 1.54) is 10.8 Å². The quantitative estimate of drug-likeness (QED) is 0.298. The zero-order valence-corrected chi connectivity index (χ0v) is 18.1. The molecular weight excluding hydrogens is 410 g/mol. The van der Waals surface area contributed by atoms with E-state index in [1.54, 1.807) is 0 Å². The predicted octanol–water partition coefficient (Wildman–Crippen LogP) is 6.90. The fourth-order valence-corrected chi connectivity index (χ4v) is 4.32. The van der Waals surface area contributed by atoms with Gasteiger partial charge >= 0.3 is 0 Å². The largest absolute Gasteiger partial charge is 0.494 e. The van der Waals surface area contributed by atoms with Gasteiger partial charge in [0.1, 0.15) is 5.75 Å². The molecule has 6 rings (SSSR count). The maximum Gasteiger partial charge on any atom is 0.248 e. The van der Waals surface area contributed by atoms with E-state index in [4.69, 9.17) is 9.15 Å². The molecular formula is C28H21N3O2. The summed E-state index contributed by atoms with van der Waals surface area (Å²) in [5.74, 6) is 1.73. The summed E-state index contributed by atoms with van der Waals surface area (Å²) in [5, 5.41) is 11.1. The molecule has 5 heteroatoms. The van der Waals surface area contributed by atoms with E-state index in [0.717, 1.165) is 33.6 Å². The van der Waals surface area contributed by atoms with Crippen LogP contribution in [0, 0.1) is 0 Å². The van der Waals surface area contributed by atoms with Gasteiger partial charge in [0.25, 0.3) is 0 Å². The number of rotatable bonds is 5. The lowest BCUT2D eigenvalue weighted by atomic mass is 10.2. The van der Waals surface area contributed by atoms with Gasteiger partial charge in [-0.3, -0.25) is 0 Å². The second-order valence-corrected chi connectivity index (χ2v) is 7.79. The van der Waals surface area contributed by atoms with Crippen LogP contribution in [0.15, 0.2) is 101 Å². The van der Waals surface area contributed by atoms with Crippen molar-refractivity contribution in [3.8, 4) is 34.3 Å². The Morgan fingerprint density at radius 3 is 1.97 bits per heavy atom. The Balaban J connectivity index is 1.44. The minimum Gasteiger partial charge on any atom is -0.494 e. The van der Waals surface area contributed by atoms with Gasteiger partial charge in [-0.1, -0.05) is 48.5 Å². The van der Waals surface area contributed by atoms with Crippen molar-refractivity contribution in [1.29, 1.82) is 0 Å². The van der Waals surface area contributed by atoms with Crippen LogP contribution in [-0.2, 0) is 0 Å². The number of aromatic nitrogens is 3. The Labute approximate surface area is 190 Å². The third-order valence-electron chi connectivity index (χ3n) is 5.75. The van der Waals surface area contributed by atoms with Gasteiger partial charge in [-0.25, -0.2) is 0 Å². The van der Waals surface area contributed by atoms with Gasteiger partial charge in [0, 0.05) is 27.6 Å². The van der Waals surface area contributed by atoms with Crippen LogP contribution >= 0.6 is 0 Å². The van der Waals surface area contributed by atoms with E-state index in [9.17, 15) is 0 Å². The summed E-state index contributed by atoms with van der Waals surface area (Å²) in [6, 6.07) is 32.8. The summed E-state index contributed by atoms with van der Waals surface area (Å²) in [5.41, 5.74) is 5.07. The van der Waals surface area contributed by atoms with Crippen LogP contribution in [-0.4, -0.2) is 21.4 Å². The van der Waals surface area contributed by atoms with Gasteiger partial charge in [-0.05, 0) is 55.5 Å². The molecule has 0 N–H and O–H groups in total. The van der Waals surface area contributed by atoms with Crippen LogP contribution in [0.4, 0.5) is 0 Å². The van der Waals surface area contributed by atoms with E-state index < -0.39 is 0 Å². The highest BCUT2D eigenvalue weighted by atomic mass is 16.5. The maximum absolute atomic E-state index is 6.05. The SMILES string of the molecule is CCOc1cccc(-c2nnc(-c3cccc(-n4c5ccccc5c5ccccc54)c3)o2)c1. The molecule has 4 aromatic carbocycles. The summed E-state index contributed by atoms with van der Waals surface area (Å²) in [6.07, 6.45) is 0. The highest BCUT2D eigenvalue weighted by Crippen LogP contribution is 2.33. The van der Waals surface area contributed by atoms with E-state index in [1.807, 2.05) is 43.3 Å². The number of fused-ring (bicyclic) bond motifs is 3. The van der Waals surface area contributed by atoms with Crippen molar-refractivity contribution in [2.75, 3.05) is 6.61 Å². The zero-order valence-electron chi connectivity index (χ0n) is 18.1. The molecule has 0 atom stereocenters. The fraction of sp³-hybridized carbons (Fsp3) is 0.0714. The first-order chi connectivity index (χ1) is 16.3. The average molecular weight is 431 g/mol. The van der Waals surface area contributed by atoms with Gasteiger partial charge in [-0.2, -0.15) is 0 Å². The standard InChI is InChI=1S/C28H21N3O2/c1-2-32-22-12-8-10-20(18-22)28-30-29-27(33-28)19-9-7-11-21(17-19)31-25-15-5-3-13-23(25)24-14-4-6-16-26(24)31/h3-18H,2H2,1H3. The van der Waals surface area contributed by atoms with Crippen LogP contribution in [0.5, 0.6) is 5.75 Å². The van der Waals surface area contributed by atoms with E-state index in [-0.39, 0.29) is 0 Å². The summed E-state index contributed by atoms with van der Waals surface area (Å²) in [4.78, 5) is 0. The molecule has 5 nitrogen and oxygen atoms in total. The number of nitrogens with zero attached hydrogens (tertiary/aromatic N) is 3. The molecule has 0 spiro atoms. The highest BCUT2D eigenvalue weighted by Gasteiger charge is 2.15. The van der Waals surface area contributed by atoms with Gasteiger partial charge in [-0.15, -0.1) is 10.2 Å². The normalized spacial score (nSPS) is 11.3. The van der Waals surface area contributed by atoms with Crippen molar-refractivity contribution in [2.24, 2.45) is 0 Å². The van der Waals surface area contributed by atoms with Crippen molar-refractivity contribution in [1.82, 2.24) is 14.8 Å². The summed E-state index contributed by atoms with van der Waals surface area (Å²) < 4.78 is 13.9. The molecule has 0 aliphatic carbocycles. The Bertz CT molecular complexity index is 1540. The molecule has 0 aliphatic rings. The molecule has 0 amide bonds. The van der Waals surface area contributed by atoms with E-state index >= 15 is 0 Å². The van der Waals surface area contributed by atoms with Gasteiger partial charge in [0.15, 0.2) is 0 Å². The summed E-state index contributed by atoms with van der Waals surface area (Å²) >= 11 is 0. The molecule has 0 unspecified atom stereocenters. The first kappa shape index (κ1) is 19.3. The van der Waals surface area contributed by atoms with Crippen molar-refractivity contribution < 1.29 is 9.15 Å². The Morgan fingerprint density at radius 1 is 0.697 bits per heavy atom. The van der Waals surface area contributed by atoms with E-state index in [2.05, 4.69) is 75.4 Å². The Hall–Kier alpha value is -4.38. The molecule has 2 aromatic heterocycles. The molecule has 160 valence electrons. The molecule has 0 saturated carbocycles. The predicted molar refractivity (Wildman–Crippen MR) is 131 cm³/mol. The summed E-state index contributed by atoms with van der Waals surface area (Å²) in [6.45, 7) is 2.57. The molecule has 0 fully saturated rings. The molecule has 0 aliphatic heterocycles. The Kier molecular flexibility index (Phi) is 4.65. The number of hydrogen-bond acceptors (Lipinski definition) is 4. The minimum absolute atomic E-state index is 0.466. The van der Waals surface area contributed by atoms with Gasteiger partial charge in [0.05, 0.1) is 17.6 Å². The van der Waals surface area contributed by atoms with Gasteiger partial charge < -0.3 is 13.7 Å². The van der Waals surface area contributed by atoms with Gasteiger partial charge in [0.2, 0.25) is 11.8 Å². The van der Waals surface area contributed by atoms with Crippen LogP contribution in [0.3, 0.4) is 0 Å². The Morgan fingerprint density at radius 2 is 1.30 bits per heavy atom. The van der Waals surface area contributed by atoms with Crippen molar-refractivity contribution >= 4 is 21.8 Å². The van der Waals surface area contributed by atoms with E-state index in [0.29, 0.717) is 18.4 Å². The minimum atomic E-state index is 0.466. The van der Waals surface area contributed by atoms with Crippen molar-refractivity contribution in [2.45, 2.75) is 6.92 Å². The van der Waals surface area contributed by atoms with Crippen LogP contribution in [0.1, 0.15) is 6.92 Å². The lowest BCUT2D eigenvalue weighted by Crippen LogP contribution is -1.94. The van der Waals surface area contributed by atoms with Crippen molar-refractivity contribution in [3.05, 3.63) is 97.1 Å². The van der Waals surface area contributed by atoms with Crippen molar-refractivity contribution in [3.63, 3.8) is 0 Å². The second-order valence-electron chi connectivity index (χ2n) is 7.79. The molecule has 6 aromatic rings. The van der Waals surface area contributed by atoms with Crippen LogP contribution in [0.2, 0.25) is 0 Å². The maximum atomic E-state index is 6.05. The molecule has 33 heavy (non-hydrogen) atoms. The third-order valence-corrected chi connectivity index (χ3v) is 5.75. The topological polar surface area (TPSA) is 53.1 Å². The molecule has 0 bridgehead atoms. The second kappa shape index (κ2) is 7.95. The zero-order chi connectivity index (χ0) is 22.2. The fourth-order valence-electron chi connectivity index (χ4n) is 4.32. The van der Waals surface area contributed by atoms with Crippen LogP contribution in [0.25, 0.3) is 50.4 Å². The lowest BCUT2D eigenvalue weighted by Gasteiger charge is -2.08. The molecule has 0 radical (unpaired) electrons. The average Bonchev–Trinajstić information content (AvgIpc) is 3.48. The molecule has 2 heterocycles. The smallest absolute Gasteiger partial charge is 0.248 e.